The van der Waals surface area contributed by atoms with E-state index in [4.69, 9.17) is 4.74 Å². The van der Waals surface area contributed by atoms with E-state index in [9.17, 15) is 15.0 Å². The van der Waals surface area contributed by atoms with Gasteiger partial charge in [0.15, 0.2) is 0 Å². The molecule has 0 spiro atoms. The Kier molecular flexibility index (Phi) is 4.49. The summed E-state index contributed by atoms with van der Waals surface area (Å²) in [6.45, 7) is 3.86. The Bertz CT molecular complexity index is 505. The van der Waals surface area contributed by atoms with E-state index in [1.165, 1.54) is 11.8 Å². The summed E-state index contributed by atoms with van der Waals surface area (Å²) in [7, 11) is 0. The number of ether oxygens (including phenoxy) is 1. The molecule has 1 aliphatic heterocycles. The SMILES string of the molecule is CCOc1nc(=O)c(C)cn1[C@H]1CC(O)[C@@H](CO)S1. The molecule has 0 aliphatic carbocycles. The molecule has 0 radical (unpaired) electrons. The summed E-state index contributed by atoms with van der Waals surface area (Å²) >= 11 is 1.47. The average Bonchev–Trinajstić information content (AvgIpc) is 2.75. The third-order valence-corrected chi connectivity index (χ3v) is 4.60. The topological polar surface area (TPSA) is 84.6 Å². The number of nitrogens with zero attached hydrogens (tertiary/aromatic N) is 2. The number of thioether (sulfide) groups is 1. The first kappa shape index (κ1) is 14.4. The molecule has 7 heteroatoms. The number of rotatable bonds is 4. The predicted molar refractivity (Wildman–Crippen MR) is 72.5 cm³/mol. The van der Waals surface area contributed by atoms with Gasteiger partial charge in [0.2, 0.25) is 0 Å². The van der Waals surface area contributed by atoms with Crippen LogP contribution in [-0.4, -0.2) is 44.3 Å². The molecule has 3 atom stereocenters. The number of aliphatic hydroxyl groups excluding tert-OH is 2. The lowest BCUT2D eigenvalue weighted by atomic mass is 10.2. The third-order valence-electron chi connectivity index (χ3n) is 3.06. The lowest BCUT2D eigenvalue weighted by Gasteiger charge is -2.18. The molecule has 2 heterocycles. The van der Waals surface area contributed by atoms with Crippen LogP contribution in [0.15, 0.2) is 11.0 Å². The van der Waals surface area contributed by atoms with Gasteiger partial charge >= 0.3 is 6.01 Å². The summed E-state index contributed by atoms with van der Waals surface area (Å²) in [6.07, 6.45) is 1.64. The highest BCUT2D eigenvalue weighted by Gasteiger charge is 2.35. The zero-order valence-corrected chi connectivity index (χ0v) is 11.8. The van der Waals surface area contributed by atoms with E-state index in [-0.39, 0.29) is 28.8 Å². The van der Waals surface area contributed by atoms with Crippen LogP contribution in [0.2, 0.25) is 0 Å². The van der Waals surface area contributed by atoms with Gasteiger partial charge < -0.3 is 14.9 Å². The van der Waals surface area contributed by atoms with Crippen LogP contribution in [0.25, 0.3) is 0 Å². The van der Waals surface area contributed by atoms with Crippen molar-refractivity contribution in [2.45, 2.75) is 37.0 Å². The number of aliphatic hydroxyl groups is 2. The fourth-order valence-electron chi connectivity index (χ4n) is 2.04. The van der Waals surface area contributed by atoms with Crippen molar-refractivity contribution in [1.29, 1.82) is 0 Å². The normalized spacial score (nSPS) is 26.6. The molecule has 0 aromatic carbocycles. The van der Waals surface area contributed by atoms with E-state index in [1.54, 1.807) is 17.7 Å². The summed E-state index contributed by atoms with van der Waals surface area (Å²) in [5.74, 6) is 0. The molecule has 1 fully saturated rings. The zero-order valence-electron chi connectivity index (χ0n) is 10.9. The smallest absolute Gasteiger partial charge is 0.300 e. The van der Waals surface area contributed by atoms with E-state index < -0.39 is 6.10 Å². The number of hydrogen-bond acceptors (Lipinski definition) is 6. The second-order valence-corrected chi connectivity index (χ2v) is 5.89. The van der Waals surface area contributed by atoms with Gasteiger partial charge in [0.05, 0.1) is 29.9 Å². The minimum absolute atomic E-state index is 0.0705. The van der Waals surface area contributed by atoms with Gasteiger partial charge in [0.25, 0.3) is 5.56 Å². The Morgan fingerprint density at radius 1 is 1.63 bits per heavy atom. The number of hydrogen-bond donors (Lipinski definition) is 2. The highest BCUT2D eigenvalue weighted by molar-refractivity contribution is 8.00. The third kappa shape index (κ3) is 2.93. The highest BCUT2D eigenvalue weighted by Crippen LogP contribution is 2.42. The second kappa shape index (κ2) is 5.94. The molecular formula is C12H18N2O4S. The van der Waals surface area contributed by atoms with E-state index in [2.05, 4.69) is 4.98 Å². The second-order valence-electron chi connectivity index (χ2n) is 4.47. The van der Waals surface area contributed by atoms with Gasteiger partial charge in [-0.3, -0.25) is 9.36 Å². The molecular weight excluding hydrogens is 268 g/mol. The standard InChI is InChI=1S/C12H18N2O4S/c1-3-18-12-13-11(17)7(2)5-14(12)10-4-8(16)9(6-15)19-10/h5,8-10,15-16H,3-4,6H2,1-2H3/t8?,9-,10-/m1/s1. The lowest BCUT2D eigenvalue weighted by molar-refractivity contribution is 0.136. The summed E-state index contributed by atoms with van der Waals surface area (Å²) < 4.78 is 7.15. The molecule has 106 valence electrons. The Balaban J connectivity index is 2.33. The summed E-state index contributed by atoms with van der Waals surface area (Å²) in [4.78, 5) is 15.5. The molecule has 1 aliphatic rings. The van der Waals surface area contributed by atoms with Gasteiger partial charge in [-0.15, -0.1) is 11.8 Å². The molecule has 1 aromatic heterocycles. The van der Waals surface area contributed by atoms with Crippen molar-refractivity contribution in [2.75, 3.05) is 13.2 Å². The van der Waals surface area contributed by atoms with Crippen molar-refractivity contribution in [3.8, 4) is 6.01 Å². The monoisotopic (exact) mass is 286 g/mol. The quantitative estimate of drug-likeness (QED) is 0.828. The van der Waals surface area contributed by atoms with Crippen LogP contribution >= 0.6 is 11.8 Å². The van der Waals surface area contributed by atoms with Crippen molar-refractivity contribution >= 4 is 11.8 Å². The van der Waals surface area contributed by atoms with E-state index in [0.29, 0.717) is 18.6 Å². The maximum absolute atomic E-state index is 11.6. The van der Waals surface area contributed by atoms with Crippen molar-refractivity contribution in [2.24, 2.45) is 0 Å². The molecule has 1 unspecified atom stereocenters. The van der Waals surface area contributed by atoms with Crippen molar-refractivity contribution in [3.63, 3.8) is 0 Å². The maximum Gasteiger partial charge on any atom is 0.300 e. The largest absolute Gasteiger partial charge is 0.465 e. The van der Waals surface area contributed by atoms with Crippen molar-refractivity contribution < 1.29 is 14.9 Å². The molecule has 0 bridgehead atoms. The molecule has 2 N–H and O–H groups in total. The number of aryl methyl sites for hydroxylation is 1. The van der Waals surface area contributed by atoms with E-state index in [1.807, 2.05) is 6.92 Å². The Morgan fingerprint density at radius 3 is 2.95 bits per heavy atom. The minimum Gasteiger partial charge on any atom is -0.465 e. The summed E-state index contributed by atoms with van der Waals surface area (Å²) in [5.41, 5.74) is 0.230. The molecule has 1 aromatic rings. The minimum atomic E-state index is -0.561. The van der Waals surface area contributed by atoms with Crippen LogP contribution in [0, 0.1) is 6.92 Å². The van der Waals surface area contributed by atoms with Crippen LogP contribution in [-0.2, 0) is 0 Å². The average molecular weight is 286 g/mol. The fourth-order valence-corrected chi connectivity index (χ4v) is 3.42. The first-order valence-corrected chi connectivity index (χ1v) is 7.18. The number of aromatic nitrogens is 2. The Hall–Kier alpha value is -1.05. The van der Waals surface area contributed by atoms with Gasteiger partial charge in [0.1, 0.15) is 0 Å². The first-order chi connectivity index (χ1) is 9.06. The van der Waals surface area contributed by atoms with Gasteiger partial charge in [-0.05, 0) is 13.8 Å². The van der Waals surface area contributed by atoms with Crippen LogP contribution in [0.5, 0.6) is 6.01 Å². The molecule has 0 saturated carbocycles. The molecule has 6 nitrogen and oxygen atoms in total. The maximum atomic E-state index is 11.6. The van der Waals surface area contributed by atoms with Gasteiger partial charge in [-0.1, -0.05) is 0 Å². The Labute approximate surface area is 115 Å². The summed E-state index contributed by atoms with van der Waals surface area (Å²) in [5, 5.41) is 18.7. The van der Waals surface area contributed by atoms with Gasteiger partial charge in [-0.25, -0.2) is 0 Å². The molecule has 0 amide bonds. The fraction of sp³-hybridized carbons (Fsp3) is 0.667. The van der Waals surface area contributed by atoms with Gasteiger partial charge in [0, 0.05) is 18.2 Å². The molecule has 2 rings (SSSR count). The molecule has 1 saturated heterocycles. The van der Waals surface area contributed by atoms with Crippen molar-refractivity contribution in [1.82, 2.24) is 9.55 Å². The van der Waals surface area contributed by atoms with E-state index >= 15 is 0 Å². The first-order valence-electron chi connectivity index (χ1n) is 6.23. The van der Waals surface area contributed by atoms with Crippen LogP contribution in [0.4, 0.5) is 0 Å². The Morgan fingerprint density at radius 2 is 2.37 bits per heavy atom. The summed E-state index contributed by atoms with van der Waals surface area (Å²) in [6, 6.07) is 0.265. The molecule has 19 heavy (non-hydrogen) atoms. The van der Waals surface area contributed by atoms with Crippen molar-refractivity contribution in [3.05, 3.63) is 22.1 Å². The lowest BCUT2D eigenvalue weighted by Crippen LogP contribution is -2.21. The zero-order chi connectivity index (χ0) is 14.0. The van der Waals surface area contributed by atoms with E-state index in [0.717, 1.165) is 0 Å². The van der Waals surface area contributed by atoms with Gasteiger partial charge in [-0.2, -0.15) is 4.98 Å². The van der Waals surface area contributed by atoms with Crippen LogP contribution in [0.1, 0.15) is 24.3 Å². The predicted octanol–water partition coefficient (Wildman–Crippen LogP) is 0.308. The van der Waals surface area contributed by atoms with Crippen LogP contribution < -0.4 is 10.3 Å². The van der Waals surface area contributed by atoms with Crippen LogP contribution in [0.3, 0.4) is 0 Å². The highest BCUT2D eigenvalue weighted by atomic mass is 32.2.